The van der Waals surface area contributed by atoms with Crippen LogP contribution in [0.5, 0.6) is 5.75 Å². The minimum absolute atomic E-state index is 0.315. The average Bonchev–Trinajstić information content (AvgIpc) is 3.15. The molecule has 0 unspecified atom stereocenters. The number of thioether (sulfide) groups is 1. The highest BCUT2D eigenvalue weighted by atomic mass is 35.5. The van der Waals surface area contributed by atoms with Crippen molar-refractivity contribution in [3.63, 3.8) is 0 Å². The molecule has 2 aromatic heterocycles. The van der Waals surface area contributed by atoms with Gasteiger partial charge in [0.15, 0.2) is 0 Å². The van der Waals surface area contributed by atoms with Gasteiger partial charge in [0.1, 0.15) is 27.3 Å². The van der Waals surface area contributed by atoms with Gasteiger partial charge in [0.25, 0.3) is 0 Å². The summed E-state index contributed by atoms with van der Waals surface area (Å²) < 4.78 is 19.2. The third-order valence-corrected chi connectivity index (χ3v) is 6.94. The Kier molecular flexibility index (Phi) is 6.32. The van der Waals surface area contributed by atoms with Gasteiger partial charge in [-0.25, -0.2) is 9.37 Å². The zero-order valence-electron chi connectivity index (χ0n) is 16.2. The molecule has 0 amide bonds. The number of ether oxygens (including phenoxy) is 1. The fourth-order valence-electron chi connectivity index (χ4n) is 2.85. The number of hydrogen-bond acceptors (Lipinski definition) is 6. The first kappa shape index (κ1) is 20.8. The van der Waals surface area contributed by atoms with Crippen LogP contribution in [0, 0.1) is 12.7 Å². The van der Waals surface area contributed by atoms with Crippen LogP contribution in [-0.2, 0) is 5.75 Å². The summed E-state index contributed by atoms with van der Waals surface area (Å²) in [7, 11) is 1.65. The summed E-state index contributed by atoms with van der Waals surface area (Å²) in [5, 5.41) is 10.7. The second-order valence-corrected chi connectivity index (χ2v) is 8.81. The molecule has 0 radical (unpaired) electrons. The van der Waals surface area contributed by atoms with E-state index < -0.39 is 0 Å². The molecular formula is C22H17ClFN3OS2. The minimum atomic E-state index is -0.315. The second kappa shape index (κ2) is 9.12. The molecule has 0 aliphatic heterocycles. The van der Waals surface area contributed by atoms with E-state index in [1.54, 1.807) is 30.6 Å². The molecule has 0 saturated carbocycles. The van der Waals surface area contributed by atoms with E-state index in [0.717, 1.165) is 32.6 Å². The van der Waals surface area contributed by atoms with Crippen LogP contribution in [0.2, 0.25) is 5.02 Å². The maximum absolute atomic E-state index is 13.9. The van der Waals surface area contributed by atoms with E-state index in [2.05, 4.69) is 15.2 Å². The first-order chi connectivity index (χ1) is 14.5. The summed E-state index contributed by atoms with van der Waals surface area (Å²) in [6, 6.07) is 16.3. The Morgan fingerprint density at radius 2 is 1.93 bits per heavy atom. The molecule has 0 bridgehead atoms. The monoisotopic (exact) mass is 457 g/mol. The number of benzene rings is 2. The zero-order chi connectivity index (χ0) is 21.1. The number of aromatic nitrogens is 3. The van der Waals surface area contributed by atoms with Gasteiger partial charge in [0, 0.05) is 21.9 Å². The summed E-state index contributed by atoms with van der Waals surface area (Å²) in [5.74, 6) is 0.863. The number of thiazole rings is 1. The van der Waals surface area contributed by atoms with Crippen molar-refractivity contribution < 1.29 is 9.13 Å². The number of methoxy groups -OCH3 is 1. The first-order valence-electron chi connectivity index (χ1n) is 9.07. The van der Waals surface area contributed by atoms with Crippen LogP contribution in [0.1, 0.15) is 11.3 Å². The molecule has 30 heavy (non-hydrogen) atoms. The van der Waals surface area contributed by atoms with E-state index >= 15 is 0 Å². The van der Waals surface area contributed by atoms with Gasteiger partial charge in [-0.3, -0.25) is 0 Å². The maximum atomic E-state index is 13.9. The largest absolute Gasteiger partial charge is 0.497 e. The van der Waals surface area contributed by atoms with Crippen molar-refractivity contribution >= 4 is 34.7 Å². The Labute approximate surface area is 187 Å². The van der Waals surface area contributed by atoms with Gasteiger partial charge in [0.05, 0.1) is 17.7 Å². The standard InChI is InChI=1S/C22H17ClFN3OS2/c1-13-21(30-22(25-13)14-5-3-6-15(11-14)28-2)19-9-10-20(27-26-19)29-12-16-17(23)7-4-8-18(16)24/h3-11H,12H2,1-2H3. The van der Waals surface area contributed by atoms with Crippen molar-refractivity contribution in [2.24, 2.45) is 0 Å². The van der Waals surface area contributed by atoms with Crippen LogP contribution in [-0.4, -0.2) is 22.3 Å². The third-order valence-electron chi connectivity index (χ3n) is 4.41. The fourth-order valence-corrected chi connectivity index (χ4v) is 5.03. The van der Waals surface area contributed by atoms with Gasteiger partial charge < -0.3 is 4.74 Å². The Morgan fingerprint density at radius 1 is 1.10 bits per heavy atom. The topological polar surface area (TPSA) is 47.9 Å². The molecule has 0 saturated heterocycles. The quantitative estimate of drug-likeness (QED) is 0.302. The third kappa shape index (κ3) is 4.48. The van der Waals surface area contributed by atoms with Crippen molar-refractivity contribution in [2.75, 3.05) is 7.11 Å². The second-order valence-electron chi connectivity index (χ2n) is 6.41. The Balaban J connectivity index is 1.52. The van der Waals surface area contributed by atoms with Crippen LogP contribution in [0.25, 0.3) is 21.1 Å². The average molecular weight is 458 g/mol. The van der Waals surface area contributed by atoms with Crippen molar-refractivity contribution in [1.82, 2.24) is 15.2 Å². The van der Waals surface area contributed by atoms with Gasteiger partial charge in [0.2, 0.25) is 0 Å². The van der Waals surface area contributed by atoms with Crippen LogP contribution >= 0.6 is 34.7 Å². The summed E-state index contributed by atoms with van der Waals surface area (Å²) in [6.45, 7) is 1.96. The molecule has 0 atom stereocenters. The number of halogens is 2. The van der Waals surface area contributed by atoms with E-state index in [9.17, 15) is 4.39 Å². The van der Waals surface area contributed by atoms with E-state index in [4.69, 9.17) is 16.3 Å². The molecule has 4 rings (SSSR count). The van der Waals surface area contributed by atoms with Gasteiger partial charge in [-0.2, -0.15) is 0 Å². The molecule has 2 aromatic carbocycles. The summed E-state index contributed by atoms with van der Waals surface area (Å²) in [4.78, 5) is 5.65. The number of hydrogen-bond donors (Lipinski definition) is 0. The lowest BCUT2D eigenvalue weighted by Crippen LogP contribution is -1.92. The summed E-state index contributed by atoms with van der Waals surface area (Å²) in [6.07, 6.45) is 0. The highest BCUT2D eigenvalue weighted by molar-refractivity contribution is 7.98. The lowest BCUT2D eigenvalue weighted by molar-refractivity contribution is 0.415. The highest BCUT2D eigenvalue weighted by Crippen LogP contribution is 2.35. The fraction of sp³-hybridized carbons (Fsp3) is 0.136. The van der Waals surface area contributed by atoms with Crippen LogP contribution in [0.4, 0.5) is 4.39 Å². The van der Waals surface area contributed by atoms with Crippen LogP contribution < -0.4 is 4.74 Å². The smallest absolute Gasteiger partial charge is 0.128 e. The van der Waals surface area contributed by atoms with Crippen LogP contribution in [0.3, 0.4) is 0 Å². The molecule has 0 N–H and O–H groups in total. The van der Waals surface area contributed by atoms with Gasteiger partial charge >= 0.3 is 0 Å². The molecule has 0 spiro atoms. The van der Waals surface area contributed by atoms with Crippen molar-refractivity contribution in [3.8, 4) is 26.9 Å². The van der Waals surface area contributed by atoms with Gasteiger partial charge in [-0.15, -0.1) is 21.5 Å². The van der Waals surface area contributed by atoms with Gasteiger partial charge in [-0.05, 0) is 43.3 Å². The highest BCUT2D eigenvalue weighted by Gasteiger charge is 2.14. The molecule has 152 valence electrons. The van der Waals surface area contributed by atoms with Crippen molar-refractivity contribution in [2.45, 2.75) is 17.7 Å². The molecule has 0 fully saturated rings. The molecule has 2 heterocycles. The van der Waals surface area contributed by atoms with Crippen LogP contribution in [0.15, 0.2) is 59.6 Å². The molecular weight excluding hydrogens is 441 g/mol. The lowest BCUT2D eigenvalue weighted by Gasteiger charge is -2.05. The molecule has 0 aliphatic carbocycles. The number of rotatable bonds is 6. The van der Waals surface area contributed by atoms with E-state index in [0.29, 0.717) is 21.4 Å². The zero-order valence-corrected chi connectivity index (χ0v) is 18.6. The predicted molar refractivity (Wildman–Crippen MR) is 121 cm³/mol. The van der Waals surface area contributed by atoms with Crippen molar-refractivity contribution in [1.29, 1.82) is 0 Å². The Hall–Kier alpha value is -2.48. The molecule has 0 aliphatic rings. The maximum Gasteiger partial charge on any atom is 0.128 e. The Bertz CT molecular complexity index is 1160. The van der Waals surface area contributed by atoms with Crippen molar-refractivity contribution in [3.05, 3.63) is 76.7 Å². The molecule has 4 aromatic rings. The lowest BCUT2D eigenvalue weighted by atomic mass is 10.2. The van der Waals surface area contributed by atoms with E-state index in [-0.39, 0.29) is 5.82 Å². The SMILES string of the molecule is COc1cccc(-c2nc(C)c(-c3ccc(SCc4c(F)cccc4Cl)nn3)s2)c1. The van der Waals surface area contributed by atoms with Gasteiger partial charge in [-0.1, -0.05) is 41.6 Å². The summed E-state index contributed by atoms with van der Waals surface area (Å²) >= 11 is 9.04. The predicted octanol–water partition coefficient (Wildman–Crippen LogP) is 6.67. The normalized spacial score (nSPS) is 10.9. The van der Waals surface area contributed by atoms with E-state index in [1.807, 2.05) is 43.3 Å². The Morgan fingerprint density at radius 3 is 2.67 bits per heavy atom. The van der Waals surface area contributed by atoms with E-state index in [1.165, 1.54) is 17.8 Å². The number of nitrogens with zero attached hydrogens (tertiary/aromatic N) is 3. The summed E-state index contributed by atoms with van der Waals surface area (Å²) in [5.41, 5.74) is 3.12. The first-order valence-corrected chi connectivity index (χ1v) is 11.2. The minimum Gasteiger partial charge on any atom is -0.497 e. The number of aryl methyl sites for hydroxylation is 1. The molecule has 4 nitrogen and oxygen atoms in total. The molecule has 8 heteroatoms.